The predicted molar refractivity (Wildman–Crippen MR) is 126 cm³/mol. The van der Waals surface area contributed by atoms with Gasteiger partial charge in [-0.3, -0.25) is 14.4 Å². The molecule has 4 atom stereocenters. The molecule has 0 saturated carbocycles. The van der Waals surface area contributed by atoms with Crippen molar-refractivity contribution < 1.29 is 24.3 Å². The van der Waals surface area contributed by atoms with E-state index < -0.39 is 47.9 Å². The Labute approximate surface area is 193 Å². The third kappa shape index (κ3) is 11.6. The lowest BCUT2D eigenvalue weighted by Gasteiger charge is -2.25. The Hall–Kier alpha value is -1.50. The summed E-state index contributed by atoms with van der Waals surface area (Å²) in [6.07, 6.45) is 3.77. The molecule has 0 aromatic rings. The number of rotatable bonds is 16. The van der Waals surface area contributed by atoms with Crippen molar-refractivity contribution in [1.82, 2.24) is 16.0 Å². The summed E-state index contributed by atoms with van der Waals surface area (Å²) in [7, 11) is 0. The number of hydrogen-bond acceptors (Lipinski definition) is 8. The number of amides is 3. The third-order valence-corrected chi connectivity index (χ3v) is 5.65. The standard InChI is InChI=1S/C19H37N5O5S2/c1-11(2)15(21)18(27)23-12(6-4-5-8-20)16(25)22-13(7-9-31-3)17(26)24-14(10-30)19(28)29/h11-15,30H,4-10,20-21H2,1-3H3,(H,22,25)(H,23,27)(H,24,26)(H,28,29). The van der Waals surface area contributed by atoms with E-state index in [0.29, 0.717) is 38.0 Å². The van der Waals surface area contributed by atoms with Gasteiger partial charge in [0.25, 0.3) is 0 Å². The van der Waals surface area contributed by atoms with Gasteiger partial charge in [-0.25, -0.2) is 4.79 Å². The van der Waals surface area contributed by atoms with Crippen LogP contribution in [0.5, 0.6) is 0 Å². The van der Waals surface area contributed by atoms with Crippen molar-refractivity contribution >= 4 is 48.1 Å². The second-order valence-corrected chi connectivity index (χ2v) is 8.89. The van der Waals surface area contributed by atoms with Gasteiger partial charge in [0.15, 0.2) is 0 Å². The van der Waals surface area contributed by atoms with Crippen LogP contribution in [0.2, 0.25) is 0 Å². The minimum absolute atomic E-state index is 0.0882. The Balaban J connectivity index is 5.36. The van der Waals surface area contributed by atoms with Crippen LogP contribution < -0.4 is 27.4 Å². The first-order valence-electron chi connectivity index (χ1n) is 10.3. The molecule has 0 aliphatic rings. The summed E-state index contributed by atoms with van der Waals surface area (Å²) in [5.41, 5.74) is 11.4. The van der Waals surface area contributed by atoms with Crippen LogP contribution in [0.1, 0.15) is 39.5 Å². The molecule has 0 rings (SSSR count). The fourth-order valence-corrected chi connectivity index (χ4v) is 3.29. The van der Waals surface area contributed by atoms with Gasteiger partial charge in [-0.1, -0.05) is 13.8 Å². The van der Waals surface area contributed by atoms with Gasteiger partial charge >= 0.3 is 5.97 Å². The smallest absolute Gasteiger partial charge is 0.327 e. The Bertz CT molecular complexity index is 594. The molecule has 10 nitrogen and oxygen atoms in total. The van der Waals surface area contributed by atoms with Crippen molar-refractivity contribution in [3.05, 3.63) is 0 Å². The van der Waals surface area contributed by atoms with Crippen molar-refractivity contribution in [1.29, 1.82) is 0 Å². The van der Waals surface area contributed by atoms with E-state index in [1.807, 2.05) is 6.26 Å². The van der Waals surface area contributed by atoms with Crippen molar-refractivity contribution in [2.75, 3.05) is 24.3 Å². The number of aliphatic carboxylic acids is 1. The van der Waals surface area contributed by atoms with E-state index in [2.05, 4.69) is 28.6 Å². The SMILES string of the molecule is CSCCC(NC(=O)C(CCCCN)NC(=O)C(N)C(C)C)C(=O)NC(CS)C(=O)O. The highest BCUT2D eigenvalue weighted by molar-refractivity contribution is 7.98. The van der Waals surface area contributed by atoms with Gasteiger partial charge in [-0.15, -0.1) is 0 Å². The zero-order valence-corrected chi connectivity index (χ0v) is 20.1. The first-order chi connectivity index (χ1) is 14.6. The summed E-state index contributed by atoms with van der Waals surface area (Å²) in [5.74, 6) is -2.44. The lowest BCUT2D eigenvalue weighted by molar-refractivity contribution is -0.141. The number of thioether (sulfide) groups is 1. The molecule has 0 aliphatic heterocycles. The topological polar surface area (TPSA) is 177 Å². The molecule has 8 N–H and O–H groups in total. The maximum atomic E-state index is 12.9. The number of carboxylic acids is 1. The minimum atomic E-state index is -1.21. The Morgan fingerprint density at radius 1 is 0.935 bits per heavy atom. The van der Waals surface area contributed by atoms with Crippen LogP contribution in [0.3, 0.4) is 0 Å². The van der Waals surface area contributed by atoms with E-state index in [0.717, 1.165) is 0 Å². The van der Waals surface area contributed by atoms with Crippen LogP contribution in [0.4, 0.5) is 0 Å². The van der Waals surface area contributed by atoms with Crippen LogP contribution in [-0.4, -0.2) is 77.3 Å². The first kappa shape index (κ1) is 29.5. The molecule has 0 heterocycles. The number of unbranched alkanes of at least 4 members (excludes halogenated alkanes) is 1. The van der Waals surface area contributed by atoms with E-state index in [9.17, 15) is 19.2 Å². The highest BCUT2D eigenvalue weighted by Crippen LogP contribution is 2.07. The molecule has 0 radical (unpaired) electrons. The summed E-state index contributed by atoms with van der Waals surface area (Å²) < 4.78 is 0. The molecule has 4 unspecified atom stereocenters. The van der Waals surface area contributed by atoms with E-state index in [4.69, 9.17) is 16.6 Å². The minimum Gasteiger partial charge on any atom is -0.480 e. The lowest BCUT2D eigenvalue weighted by Crippen LogP contribution is -2.57. The normalized spacial score (nSPS) is 14.9. The van der Waals surface area contributed by atoms with Crippen LogP contribution in [-0.2, 0) is 19.2 Å². The number of thiol groups is 1. The average Bonchev–Trinajstić information content (AvgIpc) is 2.72. The molecule has 0 spiro atoms. The summed E-state index contributed by atoms with van der Waals surface area (Å²) in [5, 5.41) is 16.8. The fraction of sp³-hybridized carbons (Fsp3) is 0.789. The van der Waals surface area contributed by atoms with Crippen LogP contribution in [0.25, 0.3) is 0 Å². The maximum Gasteiger partial charge on any atom is 0.327 e. The van der Waals surface area contributed by atoms with Gasteiger partial charge in [0, 0.05) is 5.75 Å². The zero-order chi connectivity index (χ0) is 24.0. The number of nitrogens with two attached hydrogens (primary N) is 2. The number of hydrogen-bond donors (Lipinski definition) is 7. The average molecular weight is 480 g/mol. The molecule has 0 aromatic carbocycles. The van der Waals surface area contributed by atoms with Crippen molar-refractivity contribution in [2.24, 2.45) is 17.4 Å². The van der Waals surface area contributed by atoms with Crippen LogP contribution >= 0.6 is 24.4 Å². The van der Waals surface area contributed by atoms with Gasteiger partial charge in [0.05, 0.1) is 6.04 Å². The number of carbonyl (C=O) groups is 4. The molecule has 31 heavy (non-hydrogen) atoms. The summed E-state index contributed by atoms with van der Waals surface area (Å²) in [4.78, 5) is 49.1. The van der Waals surface area contributed by atoms with E-state index in [1.54, 1.807) is 13.8 Å². The van der Waals surface area contributed by atoms with Gasteiger partial charge in [0.1, 0.15) is 18.1 Å². The summed E-state index contributed by atoms with van der Waals surface area (Å²) in [6.45, 7) is 4.06. The number of carbonyl (C=O) groups excluding carboxylic acids is 3. The predicted octanol–water partition coefficient (Wildman–Crippen LogP) is -0.679. The highest BCUT2D eigenvalue weighted by atomic mass is 32.2. The van der Waals surface area contributed by atoms with E-state index in [1.165, 1.54) is 11.8 Å². The Kier molecular flexibility index (Phi) is 15.4. The van der Waals surface area contributed by atoms with E-state index >= 15 is 0 Å². The monoisotopic (exact) mass is 479 g/mol. The molecule has 3 amide bonds. The van der Waals surface area contributed by atoms with Crippen LogP contribution in [0, 0.1) is 5.92 Å². The van der Waals surface area contributed by atoms with Gasteiger partial charge in [-0.05, 0) is 50.2 Å². The lowest BCUT2D eigenvalue weighted by atomic mass is 10.0. The highest BCUT2D eigenvalue weighted by Gasteiger charge is 2.30. The first-order valence-corrected chi connectivity index (χ1v) is 12.3. The molecular formula is C19H37N5O5S2. The molecule has 0 aromatic heterocycles. The molecule has 0 aliphatic carbocycles. The Morgan fingerprint density at radius 3 is 1.90 bits per heavy atom. The molecule has 12 heteroatoms. The summed E-state index contributed by atoms with van der Waals surface area (Å²) >= 11 is 5.42. The molecule has 0 saturated heterocycles. The fourth-order valence-electron chi connectivity index (χ4n) is 2.57. The second kappa shape index (κ2) is 16.2. The molecule has 180 valence electrons. The maximum absolute atomic E-state index is 12.9. The largest absolute Gasteiger partial charge is 0.480 e. The molecule has 0 fully saturated rings. The quantitative estimate of drug-likeness (QED) is 0.112. The van der Waals surface area contributed by atoms with Gasteiger partial charge < -0.3 is 32.5 Å². The number of carboxylic acid groups (broad SMARTS) is 1. The van der Waals surface area contributed by atoms with Crippen molar-refractivity contribution in [3.8, 4) is 0 Å². The van der Waals surface area contributed by atoms with Crippen molar-refractivity contribution in [2.45, 2.75) is 63.7 Å². The Morgan fingerprint density at radius 2 is 1.45 bits per heavy atom. The molecular weight excluding hydrogens is 442 g/mol. The zero-order valence-electron chi connectivity index (χ0n) is 18.4. The van der Waals surface area contributed by atoms with Crippen molar-refractivity contribution in [3.63, 3.8) is 0 Å². The third-order valence-electron chi connectivity index (χ3n) is 4.64. The van der Waals surface area contributed by atoms with Gasteiger partial charge in [0.2, 0.25) is 17.7 Å². The summed E-state index contributed by atoms with van der Waals surface area (Å²) in [6, 6.07) is -3.77. The molecule has 0 bridgehead atoms. The van der Waals surface area contributed by atoms with Gasteiger partial charge in [-0.2, -0.15) is 24.4 Å². The van der Waals surface area contributed by atoms with Crippen LogP contribution in [0.15, 0.2) is 0 Å². The van der Waals surface area contributed by atoms with E-state index in [-0.39, 0.29) is 11.7 Å². The second-order valence-electron chi connectivity index (χ2n) is 7.54. The number of nitrogens with one attached hydrogen (secondary N) is 3.